The summed E-state index contributed by atoms with van der Waals surface area (Å²) in [4.78, 5) is 0.908. The first-order valence-corrected chi connectivity index (χ1v) is 7.25. The van der Waals surface area contributed by atoms with E-state index in [1.165, 1.54) is 17.8 Å². The molecule has 1 N–H and O–H groups in total. The molecular weight excluding hydrogens is 256 g/mol. The van der Waals surface area contributed by atoms with Crippen molar-refractivity contribution < 1.29 is 9.84 Å². The van der Waals surface area contributed by atoms with E-state index in [1.807, 2.05) is 12.1 Å². The molecule has 1 saturated carbocycles. The Kier molecular flexibility index (Phi) is 4.14. The van der Waals surface area contributed by atoms with Gasteiger partial charge in [-0.15, -0.1) is 11.3 Å². The molecule has 4 heteroatoms. The van der Waals surface area contributed by atoms with E-state index < -0.39 is 11.7 Å². The summed E-state index contributed by atoms with van der Waals surface area (Å²) in [6, 6.07) is 3.73. The zero-order chi connectivity index (χ0) is 12.5. The number of methoxy groups -OCH3 is 1. The maximum absolute atomic E-state index is 10.6. The molecule has 1 aromatic heterocycles. The fourth-order valence-corrected chi connectivity index (χ4v) is 3.98. The van der Waals surface area contributed by atoms with Gasteiger partial charge in [0.2, 0.25) is 0 Å². The molecule has 96 valence electrons. The molecule has 2 rings (SSSR count). The van der Waals surface area contributed by atoms with E-state index >= 15 is 0 Å². The van der Waals surface area contributed by atoms with Crippen LogP contribution in [0.5, 0.6) is 0 Å². The van der Waals surface area contributed by atoms with Gasteiger partial charge < -0.3 is 9.84 Å². The van der Waals surface area contributed by atoms with Crippen LogP contribution in [0, 0.1) is 5.92 Å². The highest BCUT2D eigenvalue weighted by atomic mass is 35.5. The fraction of sp³-hybridized carbons (Fsp3) is 0.692. The van der Waals surface area contributed by atoms with E-state index in [-0.39, 0.29) is 0 Å². The molecule has 1 aliphatic rings. The molecule has 1 aromatic rings. The number of thiophene rings is 1. The van der Waals surface area contributed by atoms with Gasteiger partial charge in [0.05, 0.1) is 9.94 Å². The van der Waals surface area contributed by atoms with Crippen LogP contribution in [0.15, 0.2) is 12.1 Å². The highest BCUT2D eigenvalue weighted by Crippen LogP contribution is 2.45. The summed E-state index contributed by atoms with van der Waals surface area (Å²) in [5.41, 5.74) is -0.425. The molecule has 0 spiro atoms. The smallest absolute Gasteiger partial charge is 0.117 e. The molecule has 1 aliphatic carbocycles. The number of aliphatic hydroxyl groups excluding tert-OH is 1. The van der Waals surface area contributed by atoms with E-state index in [2.05, 4.69) is 6.92 Å². The molecule has 3 atom stereocenters. The van der Waals surface area contributed by atoms with Crippen molar-refractivity contribution in [3.05, 3.63) is 21.3 Å². The lowest BCUT2D eigenvalue weighted by Gasteiger charge is -2.42. The highest BCUT2D eigenvalue weighted by Gasteiger charge is 2.42. The van der Waals surface area contributed by atoms with Gasteiger partial charge in [0.1, 0.15) is 6.10 Å². The summed E-state index contributed by atoms with van der Waals surface area (Å²) < 4.78 is 6.41. The number of hydrogen-bond acceptors (Lipinski definition) is 3. The van der Waals surface area contributed by atoms with Crippen LogP contribution in [0.3, 0.4) is 0 Å². The average Bonchev–Trinajstić information content (AvgIpc) is 2.74. The van der Waals surface area contributed by atoms with Crippen LogP contribution in [0.2, 0.25) is 4.34 Å². The predicted octanol–water partition coefficient (Wildman–Crippen LogP) is 4.03. The third kappa shape index (κ3) is 2.68. The maximum atomic E-state index is 10.6. The first-order valence-electron chi connectivity index (χ1n) is 6.06. The second kappa shape index (κ2) is 5.27. The van der Waals surface area contributed by atoms with Crippen LogP contribution in [0.4, 0.5) is 0 Å². The number of halogens is 1. The molecule has 0 amide bonds. The first-order chi connectivity index (χ1) is 8.07. The number of aliphatic hydroxyl groups is 1. The Hall–Kier alpha value is -0.0900. The van der Waals surface area contributed by atoms with Gasteiger partial charge in [0.15, 0.2) is 0 Å². The molecule has 0 aromatic carbocycles. The number of ether oxygens (including phenoxy) is 1. The van der Waals surface area contributed by atoms with Crippen molar-refractivity contribution in [2.75, 3.05) is 7.11 Å². The number of hydrogen-bond donors (Lipinski definition) is 1. The van der Waals surface area contributed by atoms with Gasteiger partial charge in [-0.05, 0) is 30.9 Å². The zero-order valence-corrected chi connectivity index (χ0v) is 11.9. The summed E-state index contributed by atoms with van der Waals surface area (Å²) in [6.07, 6.45) is 3.62. The Bertz CT molecular complexity index is 379. The molecule has 2 nitrogen and oxygen atoms in total. The largest absolute Gasteiger partial charge is 0.385 e. The third-order valence-electron chi connectivity index (χ3n) is 3.76. The molecule has 3 unspecified atom stereocenters. The van der Waals surface area contributed by atoms with Gasteiger partial charge in [-0.25, -0.2) is 0 Å². The normalized spacial score (nSPS) is 31.4. The molecule has 17 heavy (non-hydrogen) atoms. The molecular formula is C13H19ClO2S. The number of rotatable bonds is 3. The van der Waals surface area contributed by atoms with Gasteiger partial charge in [0, 0.05) is 12.0 Å². The van der Waals surface area contributed by atoms with Crippen LogP contribution in [0.1, 0.15) is 43.6 Å². The molecule has 1 heterocycles. The molecule has 0 saturated heterocycles. The third-order valence-corrected chi connectivity index (χ3v) is 5.04. The quantitative estimate of drug-likeness (QED) is 0.902. The van der Waals surface area contributed by atoms with Gasteiger partial charge in [0.25, 0.3) is 0 Å². The van der Waals surface area contributed by atoms with Crippen LogP contribution >= 0.6 is 22.9 Å². The van der Waals surface area contributed by atoms with E-state index in [0.29, 0.717) is 10.3 Å². The lowest BCUT2D eigenvalue weighted by atomic mass is 9.75. The average molecular weight is 275 g/mol. The minimum absolute atomic E-state index is 0.425. The van der Waals surface area contributed by atoms with Crippen molar-refractivity contribution in [1.82, 2.24) is 0 Å². The Labute approximate surface area is 112 Å². The summed E-state index contributed by atoms with van der Waals surface area (Å²) in [5.74, 6) is 0.605. The Morgan fingerprint density at radius 1 is 1.59 bits per heavy atom. The van der Waals surface area contributed by atoms with Crippen molar-refractivity contribution in [3.8, 4) is 0 Å². The Morgan fingerprint density at radius 3 is 2.88 bits per heavy atom. The zero-order valence-electron chi connectivity index (χ0n) is 10.3. The van der Waals surface area contributed by atoms with E-state index in [1.54, 1.807) is 7.11 Å². The fourth-order valence-electron chi connectivity index (χ4n) is 2.82. The van der Waals surface area contributed by atoms with Crippen molar-refractivity contribution in [3.63, 3.8) is 0 Å². The van der Waals surface area contributed by atoms with Crippen LogP contribution in [-0.4, -0.2) is 17.8 Å². The second-order valence-electron chi connectivity index (χ2n) is 5.01. The minimum Gasteiger partial charge on any atom is -0.385 e. The van der Waals surface area contributed by atoms with E-state index in [9.17, 15) is 5.11 Å². The highest BCUT2D eigenvalue weighted by molar-refractivity contribution is 7.16. The maximum Gasteiger partial charge on any atom is 0.117 e. The lowest BCUT2D eigenvalue weighted by Crippen LogP contribution is -2.42. The van der Waals surface area contributed by atoms with Gasteiger partial charge in [-0.3, -0.25) is 0 Å². The summed E-state index contributed by atoms with van der Waals surface area (Å²) >= 11 is 7.37. The Morgan fingerprint density at radius 2 is 2.35 bits per heavy atom. The van der Waals surface area contributed by atoms with Gasteiger partial charge >= 0.3 is 0 Å². The van der Waals surface area contributed by atoms with Crippen molar-refractivity contribution in [2.45, 2.75) is 44.3 Å². The standard InChI is InChI=1S/C13H19ClO2S/c1-9-4-3-7-13(8-9,16-2)12(15)10-5-6-11(14)17-10/h5-6,9,12,15H,3-4,7-8H2,1-2H3. The van der Waals surface area contributed by atoms with Gasteiger partial charge in [-0.2, -0.15) is 0 Å². The molecule has 0 bridgehead atoms. The summed E-state index contributed by atoms with van der Waals surface area (Å²) in [6.45, 7) is 2.22. The summed E-state index contributed by atoms with van der Waals surface area (Å²) in [7, 11) is 1.70. The second-order valence-corrected chi connectivity index (χ2v) is 6.76. The SMILES string of the molecule is COC1(C(O)c2ccc(Cl)s2)CCCC(C)C1. The van der Waals surface area contributed by atoms with Crippen LogP contribution < -0.4 is 0 Å². The van der Waals surface area contributed by atoms with Crippen LogP contribution in [0.25, 0.3) is 0 Å². The molecule has 1 fully saturated rings. The van der Waals surface area contributed by atoms with E-state index in [0.717, 1.165) is 24.1 Å². The molecule has 0 radical (unpaired) electrons. The van der Waals surface area contributed by atoms with Crippen molar-refractivity contribution >= 4 is 22.9 Å². The van der Waals surface area contributed by atoms with Crippen LogP contribution in [-0.2, 0) is 4.74 Å². The predicted molar refractivity (Wildman–Crippen MR) is 71.7 cm³/mol. The van der Waals surface area contributed by atoms with Gasteiger partial charge in [-0.1, -0.05) is 31.4 Å². The minimum atomic E-state index is -0.562. The Balaban J connectivity index is 2.22. The van der Waals surface area contributed by atoms with Crippen molar-refractivity contribution in [2.24, 2.45) is 5.92 Å². The molecule has 0 aliphatic heterocycles. The first kappa shape index (κ1) is 13.3. The van der Waals surface area contributed by atoms with Crippen molar-refractivity contribution in [1.29, 1.82) is 0 Å². The lowest BCUT2D eigenvalue weighted by molar-refractivity contribution is -0.132. The monoisotopic (exact) mass is 274 g/mol. The summed E-state index contributed by atoms with van der Waals surface area (Å²) in [5, 5.41) is 10.6. The van der Waals surface area contributed by atoms with E-state index in [4.69, 9.17) is 16.3 Å². The topological polar surface area (TPSA) is 29.5 Å².